The van der Waals surface area contributed by atoms with Crippen molar-refractivity contribution in [3.05, 3.63) is 23.8 Å². The maximum absolute atomic E-state index is 12.7. The molecule has 100 valence electrons. The Morgan fingerprint density at radius 3 is 2.67 bits per heavy atom. The van der Waals surface area contributed by atoms with Gasteiger partial charge in [0, 0.05) is 5.69 Å². The molecule has 1 aromatic carbocycles. The molecule has 1 fully saturated rings. The van der Waals surface area contributed by atoms with Crippen LogP contribution in [-0.2, 0) is 9.84 Å². The van der Waals surface area contributed by atoms with Crippen LogP contribution in [0.3, 0.4) is 0 Å². The summed E-state index contributed by atoms with van der Waals surface area (Å²) in [4.78, 5) is 0.418. The first-order valence-electron chi connectivity index (χ1n) is 6.51. The molecule has 1 saturated carbocycles. The lowest BCUT2D eigenvalue weighted by Crippen LogP contribution is -2.28. The van der Waals surface area contributed by atoms with Gasteiger partial charge in [-0.15, -0.1) is 0 Å². The minimum Gasteiger partial charge on any atom is -0.399 e. The summed E-state index contributed by atoms with van der Waals surface area (Å²) in [6, 6.07) is 5.14. The number of hydrogen-bond donors (Lipinski definition) is 1. The van der Waals surface area contributed by atoms with Crippen molar-refractivity contribution in [3.63, 3.8) is 0 Å². The second-order valence-corrected chi connectivity index (χ2v) is 7.66. The topological polar surface area (TPSA) is 60.2 Å². The van der Waals surface area contributed by atoms with E-state index >= 15 is 0 Å². The van der Waals surface area contributed by atoms with Crippen LogP contribution in [0, 0.1) is 12.8 Å². The smallest absolute Gasteiger partial charge is 0.181 e. The second kappa shape index (κ2) is 4.92. The minimum absolute atomic E-state index is 0.234. The van der Waals surface area contributed by atoms with Crippen LogP contribution in [0.15, 0.2) is 23.1 Å². The maximum Gasteiger partial charge on any atom is 0.181 e. The number of anilines is 1. The van der Waals surface area contributed by atoms with Gasteiger partial charge >= 0.3 is 0 Å². The molecule has 2 atom stereocenters. The molecule has 18 heavy (non-hydrogen) atoms. The van der Waals surface area contributed by atoms with Crippen LogP contribution in [-0.4, -0.2) is 13.7 Å². The Morgan fingerprint density at radius 1 is 1.28 bits per heavy atom. The summed E-state index contributed by atoms with van der Waals surface area (Å²) in [6.45, 7) is 3.96. The fraction of sp³-hybridized carbons (Fsp3) is 0.571. The van der Waals surface area contributed by atoms with Gasteiger partial charge in [-0.05, 0) is 43.4 Å². The highest BCUT2D eigenvalue weighted by molar-refractivity contribution is 7.92. The fourth-order valence-corrected chi connectivity index (χ4v) is 5.00. The van der Waals surface area contributed by atoms with E-state index in [1.54, 1.807) is 18.2 Å². The van der Waals surface area contributed by atoms with Crippen molar-refractivity contribution in [1.82, 2.24) is 0 Å². The highest BCUT2D eigenvalue weighted by Gasteiger charge is 2.32. The maximum atomic E-state index is 12.7. The van der Waals surface area contributed by atoms with E-state index in [1.807, 2.05) is 6.92 Å². The van der Waals surface area contributed by atoms with Gasteiger partial charge in [-0.3, -0.25) is 0 Å². The van der Waals surface area contributed by atoms with E-state index in [0.717, 1.165) is 31.2 Å². The van der Waals surface area contributed by atoms with E-state index in [4.69, 9.17) is 5.73 Å². The first-order chi connectivity index (χ1) is 8.41. The van der Waals surface area contributed by atoms with Crippen molar-refractivity contribution in [1.29, 1.82) is 0 Å². The van der Waals surface area contributed by atoms with Gasteiger partial charge in [0.2, 0.25) is 0 Å². The van der Waals surface area contributed by atoms with Crippen molar-refractivity contribution in [2.75, 3.05) is 5.73 Å². The molecule has 2 unspecified atom stereocenters. The summed E-state index contributed by atoms with van der Waals surface area (Å²) in [7, 11) is -3.23. The number of benzene rings is 1. The van der Waals surface area contributed by atoms with E-state index in [9.17, 15) is 8.42 Å². The van der Waals surface area contributed by atoms with Crippen LogP contribution in [0.2, 0.25) is 0 Å². The normalized spacial score (nSPS) is 25.0. The zero-order valence-electron chi connectivity index (χ0n) is 11.0. The summed E-state index contributed by atoms with van der Waals surface area (Å²) < 4.78 is 25.3. The molecule has 0 bridgehead atoms. The molecule has 0 amide bonds. The highest BCUT2D eigenvalue weighted by Crippen LogP contribution is 2.33. The quantitative estimate of drug-likeness (QED) is 0.838. The molecular weight excluding hydrogens is 246 g/mol. The van der Waals surface area contributed by atoms with Crippen molar-refractivity contribution in [2.24, 2.45) is 5.92 Å². The van der Waals surface area contributed by atoms with Crippen molar-refractivity contribution in [3.8, 4) is 0 Å². The average Bonchev–Trinajstić information content (AvgIpc) is 2.32. The summed E-state index contributed by atoms with van der Waals surface area (Å²) >= 11 is 0. The summed E-state index contributed by atoms with van der Waals surface area (Å²) in [5.41, 5.74) is 7.03. The van der Waals surface area contributed by atoms with Gasteiger partial charge < -0.3 is 5.73 Å². The molecule has 1 aliphatic carbocycles. The van der Waals surface area contributed by atoms with Crippen LogP contribution in [0.4, 0.5) is 5.69 Å². The molecule has 0 radical (unpaired) electrons. The molecular formula is C14H21NO2S. The van der Waals surface area contributed by atoms with Crippen molar-refractivity contribution < 1.29 is 8.42 Å². The Bertz CT molecular complexity index is 537. The summed E-state index contributed by atoms with van der Waals surface area (Å²) in [5, 5.41) is -0.234. The molecule has 0 heterocycles. The van der Waals surface area contributed by atoms with Crippen LogP contribution in [0.5, 0.6) is 0 Å². The van der Waals surface area contributed by atoms with Gasteiger partial charge in [0.15, 0.2) is 9.84 Å². The third-order valence-corrected chi connectivity index (χ3v) is 6.20. The van der Waals surface area contributed by atoms with Gasteiger partial charge in [0.25, 0.3) is 0 Å². The number of nitrogen functional groups attached to an aromatic ring is 1. The number of sulfone groups is 1. The van der Waals surface area contributed by atoms with Crippen LogP contribution in [0.25, 0.3) is 0 Å². The van der Waals surface area contributed by atoms with Gasteiger partial charge in [-0.25, -0.2) is 8.42 Å². The van der Waals surface area contributed by atoms with E-state index < -0.39 is 9.84 Å². The predicted octanol–water partition coefficient (Wildman–Crippen LogP) is 2.93. The first-order valence-corrected chi connectivity index (χ1v) is 8.06. The van der Waals surface area contributed by atoms with Crippen LogP contribution < -0.4 is 5.73 Å². The molecule has 4 heteroatoms. The van der Waals surface area contributed by atoms with E-state index in [0.29, 0.717) is 16.5 Å². The number of nitrogens with two attached hydrogens (primary N) is 1. The molecule has 1 aromatic rings. The average molecular weight is 267 g/mol. The first kappa shape index (κ1) is 13.4. The lowest BCUT2D eigenvalue weighted by molar-refractivity contribution is 0.382. The SMILES string of the molecule is Cc1ccc(N)cc1S(=O)(=O)C1CCCC(C)C1. The lowest BCUT2D eigenvalue weighted by atomic mass is 9.91. The predicted molar refractivity (Wildman–Crippen MR) is 74.2 cm³/mol. The summed E-state index contributed by atoms with van der Waals surface area (Å²) in [5.74, 6) is 0.500. The Kier molecular flexibility index (Phi) is 3.66. The molecule has 2 N–H and O–H groups in total. The fourth-order valence-electron chi connectivity index (χ4n) is 2.76. The molecule has 0 saturated heterocycles. The van der Waals surface area contributed by atoms with Gasteiger partial charge in [-0.2, -0.15) is 0 Å². The van der Waals surface area contributed by atoms with Crippen molar-refractivity contribution >= 4 is 15.5 Å². The molecule has 0 aliphatic heterocycles. The van der Waals surface area contributed by atoms with E-state index in [1.165, 1.54) is 0 Å². The Labute approximate surface area is 109 Å². The lowest BCUT2D eigenvalue weighted by Gasteiger charge is -2.27. The second-order valence-electron chi connectivity index (χ2n) is 5.46. The van der Waals surface area contributed by atoms with Crippen LogP contribution >= 0.6 is 0 Å². The molecule has 3 nitrogen and oxygen atoms in total. The third kappa shape index (κ3) is 2.53. The molecule has 2 rings (SSSR count). The molecule has 0 aromatic heterocycles. The number of rotatable bonds is 2. The van der Waals surface area contributed by atoms with Gasteiger partial charge in [-0.1, -0.05) is 25.8 Å². The zero-order chi connectivity index (χ0) is 13.3. The van der Waals surface area contributed by atoms with Gasteiger partial charge in [0.05, 0.1) is 10.1 Å². The largest absolute Gasteiger partial charge is 0.399 e. The number of aryl methyl sites for hydroxylation is 1. The third-order valence-electron chi connectivity index (χ3n) is 3.85. The van der Waals surface area contributed by atoms with Gasteiger partial charge in [0.1, 0.15) is 0 Å². The number of hydrogen-bond acceptors (Lipinski definition) is 3. The standard InChI is InChI=1S/C14H21NO2S/c1-10-4-3-5-13(8-10)18(16,17)14-9-12(15)7-6-11(14)2/h6-7,9-10,13H,3-5,8,15H2,1-2H3. The minimum atomic E-state index is -3.23. The Morgan fingerprint density at radius 2 is 2.00 bits per heavy atom. The van der Waals surface area contributed by atoms with E-state index in [-0.39, 0.29) is 5.25 Å². The highest BCUT2D eigenvalue weighted by atomic mass is 32.2. The van der Waals surface area contributed by atoms with Crippen LogP contribution in [0.1, 0.15) is 38.2 Å². The molecule has 1 aliphatic rings. The van der Waals surface area contributed by atoms with E-state index in [2.05, 4.69) is 6.92 Å². The molecule has 0 spiro atoms. The monoisotopic (exact) mass is 267 g/mol. The summed E-state index contributed by atoms with van der Waals surface area (Å²) in [6.07, 6.45) is 3.70. The Hall–Kier alpha value is -1.03. The van der Waals surface area contributed by atoms with Crippen molar-refractivity contribution in [2.45, 2.75) is 49.7 Å². The Balaban J connectivity index is 2.38. The zero-order valence-corrected chi connectivity index (χ0v) is 11.8.